The lowest BCUT2D eigenvalue weighted by Crippen LogP contribution is -2.30. The summed E-state index contributed by atoms with van der Waals surface area (Å²) in [5.74, 6) is 0.452. The molecule has 1 saturated carbocycles. The lowest BCUT2D eigenvalue weighted by atomic mass is 10.2. The van der Waals surface area contributed by atoms with Crippen LogP contribution < -0.4 is 4.72 Å². The lowest BCUT2D eigenvalue weighted by Gasteiger charge is -2.12. The minimum atomic E-state index is -3.56. The first-order valence-electron chi connectivity index (χ1n) is 6.55. The summed E-state index contributed by atoms with van der Waals surface area (Å²) in [5, 5.41) is 0.498. The highest BCUT2D eigenvalue weighted by Crippen LogP contribution is 2.35. The minimum Gasteiger partial charge on any atom is -0.256 e. The second-order valence-electron chi connectivity index (χ2n) is 5.03. The van der Waals surface area contributed by atoms with Gasteiger partial charge in [-0.05, 0) is 43.0 Å². The predicted molar refractivity (Wildman–Crippen MR) is 79.3 cm³/mol. The standard InChI is InChI=1S/C14H15ClN2O2S/c15-12(10-6-7-10)9-17-20(18,19)14-5-1-4-13-11(14)3-2-8-16-13/h1-5,8,10,12,17H,6-7,9H2. The first kappa shape index (κ1) is 13.8. The number of aromatic nitrogens is 1. The van der Waals surface area contributed by atoms with Crippen LogP contribution in [0.2, 0.25) is 0 Å². The van der Waals surface area contributed by atoms with Crippen LogP contribution in [0.3, 0.4) is 0 Å². The number of benzene rings is 1. The molecule has 2 aromatic rings. The Bertz CT molecular complexity index is 724. The first-order valence-corrected chi connectivity index (χ1v) is 8.47. The molecule has 1 N–H and O–H groups in total. The molecule has 1 aliphatic carbocycles. The van der Waals surface area contributed by atoms with Gasteiger partial charge in [0.15, 0.2) is 0 Å². The van der Waals surface area contributed by atoms with Crippen LogP contribution in [0.25, 0.3) is 10.9 Å². The molecule has 1 fully saturated rings. The van der Waals surface area contributed by atoms with E-state index in [1.54, 1.807) is 36.5 Å². The second kappa shape index (κ2) is 5.31. The predicted octanol–water partition coefficient (Wildman–Crippen LogP) is 2.53. The van der Waals surface area contributed by atoms with Gasteiger partial charge in [0.1, 0.15) is 0 Å². The van der Waals surface area contributed by atoms with Crippen LogP contribution >= 0.6 is 11.6 Å². The number of nitrogens with zero attached hydrogens (tertiary/aromatic N) is 1. The van der Waals surface area contributed by atoms with Crippen molar-refractivity contribution in [2.24, 2.45) is 5.92 Å². The van der Waals surface area contributed by atoms with Crippen molar-refractivity contribution in [3.8, 4) is 0 Å². The molecule has 1 aromatic heterocycles. The van der Waals surface area contributed by atoms with E-state index in [0.717, 1.165) is 12.8 Å². The highest BCUT2D eigenvalue weighted by molar-refractivity contribution is 7.89. The maximum Gasteiger partial charge on any atom is 0.241 e. The zero-order chi connectivity index (χ0) is 14.2. The van der Waals surface area contributed by atoms with Gasteiger partial charge in [-0.1, -0.05) is 6.07 Å². The number of hydrogen-bond donors (Lipinski definition) is 1. The number of rotatable bonds is 5. The molecule has 0 spiro atoms. The molecule has 1 aromatic carbocycles. The van der Waals surface area contributed by atoms with E-state index in [1.165, 1.54) is 0 Å². The fraction of sp³-hybridized carbons (Fsp3) is 0.357. The van der Waals surface area contributed by atoms with Gasteiger partial charge < -0.3 is 0 Å². The Morgan fingerprint density at radius 1 is 1.30 bits per heavy atom. The van der Waals surface area contributed by atoms with Crippen molar-refractivity contribution in [2.45, 2.75) is 23.1 Å². The second-order valence-corrected chi connectivity index (χ2v) is 7.33. The SMILES string of the molecule is O=S(=O)(NCC(Cl)C1CC1)c1cccc2ncccc12. The molecule has 4 nitrogen and oxygen atoms in total. The zero-order valence-electron chi connectivity index (χ0n) is 10.8. The van der Waals surface area contributed by atoms with Crippen molar-refractivity contribution in [1.29, 1.82) is 0 Å². The van der Waals surface area contributed by atoms with Crippen molar-refractivity contribution < 1.29 is 8.42 Å². The lowest BCUT2D eigenvalue weighted by molar-refractivity contribution is 0.577. The molecule has 0 aliphatic heterocycles. The fourth-order valence-corrected chi connectivity index (χ4v) is 3.90. The number of pyridine rings is 1. The molecule has 3 rings (SSSR count). The van der Waals surface area contributed by atoms with E-state index < -0.39 is 10.0 Å². The molecule has 1 atom stereocenters. The molecular formula is C14H15ClN2O2S. The number of sulfonamides is 1. The van der Waals surface area contributed by atoms with Gasteiger partial charge in [-0.3, -0.25) is 4.98 Å². The molecule has 6 heteroatoms. The normalized spacial score (nSPS) is 17.2. The summed E-state index contributed by atoms with van der Waals surface area (Å²) in [6, 6.07) is 8.57. The largest absolute Gasteiger partial charge is 0.256 e. The third kappa shape index (κ3) is 2.80. The van der Waals surface area contributed by atoms with Gasteiger partial charge in [-0.15, -0.1) is 11.6 Å². The molecule has 0 saturated heterocycles. The summed E-state index contributed by atoms with van der Waals surface area (Å²) in [7, 11) is -3.56. The van der Waals surface area contributed by atoms with Gasteiger partial charge in [0.05, 0.1) is 10.4 Å². The van der Waals surface area contributed by atoms with Crippen LogP contribution in [0, 0.1) is 5.92 Å². The number of fused-ring (bicyclic) bond motifs is 1. The van der Waals surface area contributed by atoms with Crippen molar-refractivity contribution >= 4 is 32.5 Å². The van der Waals surface area contributed by atoms with Crippen molar-refractivity contribution in [1.82, 2.24) is 9.71 Å². The Balaban J connectivity index is 1.88. The van der Waals surface area contributed by atoms with Crippen LogP contribution in [-0.4, -0.2) is 25.3 Å². The maximum absolute atomic E-state index is 12.4. The van der Waals surface area contributed by atoms with E-state index in [-0.39, 0.29) is 16.8 Å². The Morgan fingerprint density at radius 3 is 2.85 bits per heavy atom. The summed E-state index contributed by atoms with van der Waals surface area (Å²) in [4.78, 5) is 4.42. The van der Waals surface area contributed by atoms with Crippen LogP contribution in [0.1, 0.15) is 12.8 Å². The average molecular weight is 311 g/mol. The Morgan fingerprint density at radius 2 is 2.10 bits per heavy atom. The molecule has 1 heterocycles. The van der Waals surface area contributed by atoms with Crippen LogP contribution in [-0.2, 0) is 10.0 Å². The van der Waals surface area contributed by atoms with Gasteiger partial charge in [0, 0.05) is 23.5 Å². The number of alkyl halides is 1. The van der Waals surface area contributed by atoms with Crippen LogP contribution in [0.15, 0.2) is 41.4 Å². The fourth-order valence-electron chi connectivity index (χ4n) is 2.20. The van der Waals surface area contributed by atoms with E-state index in [0.29, 0.717) is 16.8 Å². The molecule has 0 radical (unpaired) electrons. The molecule has 0 bridgehead atoms. The topological polar surface area (TPSA) is 59.1 Å². The smallest absolute Gasteiger partial charge is 0.241 e. The maximum atomic E-state index is 12.4. The summed E-state index contributed by atoms with van der Waals surface area (Å²) in [5.41, 5.74) is 0.667. The number of halogens is 1. The molecular weight excluding hydrogens is 296 g/mol. The zero-order valence-corrected chi connectivity index (χ0v) is 12.4. The van der Waals surface area contributed by atoms with Crippen molar-refractivity contribution in [3.63, 3.8) is 0 Å². The highest BCUT2D eigenvalue weighted by atomic mass is 35.5. The van der Waals surface area contributed by atoms with Crippen LogP contribution in [0.5, 0.6) is 0 Å². The van der Waals surface area contributed by atoms with Crippen molar-refractivity contribution in [3.05, 3.63) is 36.5 Å². The van der Waals surface area contributed by atoms with Gasteiger partial charge in [0.25, 0.3) is 0 Å². The summed E-state index contributed by atoms with van der Waals surface area (Å²) < 4.78 is 27.4. The van der Waals surface area contributed by atoms with E-state index in [4.69, 9.17) is 11.6 Å². The van der Waals surface area contributed by atoms with Crippen LogP contribution in [0.4, 0.5) is 0 Å². The van der Waals surface area contributed by atoms with E-state index in [1.807, 2.05) is 0 Å². The molecule has 106 valence electrons. The van der Waals surface area contributed by atoms with E-state index in [9.17, 15) is 8.42 Å². The molecule has 1 aliphatic rings. The summed E-state index contributed by atoms with van der Waals surface area (Å²) in [6.07, 6.45) is 3.83. The minimum absolute atomic E-state index is 0.127. The monoisotopic (exact) mass is 310 g/mol. The number of hydrogen-bond acceptors (Lipinski definition) is 3. The summed E-state index contributed by atoms with van der Waals surface area (Å²) >= 11 is 6.15. The Labute approximate surface area is 123 Å². The van der Waals surface area contributed by atoms with Gasteiger partial charge in [0.2, 0.25) is 10.0 Å². The highest BCUT2D eigenvalue weighted by Gasteiger charge is 2.30. The van der Waals surface area contributed by atoms with Gasteiger partial charge >= 0.3 is 0 Å². The molecule has 1 unspecified atom stereocenters. The Kier molecular flexibility index (Phi) is 3.67. The molecule has 0 amide bonds. The molecule has 20 heavy (non-hydrogen) atoms. The van der Waals surface area contributed by atoms with Crippen molar-refractivity contribution in [2.75, 3.05) is 6.54 Å². The van der Waals surface area contributed by atoms with Gasteiger partial charge in [-0.2, -0.15) is 0 Å². The van der Waals surface area contributed by atoms with E-state index in [2.05, 4.69) is 9.71 Å². The first-order chi connectivity index (χ1) is 9.58. The Hall–Kier alpha value is -1.17. The van der Waals surface area contributed by atoms with Gasteiger partial charge in [-0.25, -0.2) is 13.1 Å². The third-order valence-corrected chi connectivity index (χ3v) is 5.49. The van der Waals surface area contributed by atoms with E-state index >= 15 is 0 Å². The summed E-state index contributed by atoms with van der Waals surface area (Å²) in [6.45, 7) is 0.269. The quantitative estimate of drug-likeness (QED) is 0.863. The third-order valence-electron chi connectivity index (χ3n) is 3.50. The average Bonchev–Trinajstić information content (AvgIpc) is 3.29. The number of nitrogens with one attached hydrogen (secondary N) is 1.